The molecule has 0 aromatic heterocycles. The molecule has 3 atom stereocenters. The lowest BCUT2D eigenvalue weighted by atomic mass is 9.93. The number of phenolic OH excluding ortho intramolecular Hbond substituents is 1. The highest BCUT2D eigenvalue weighted by Crippen LogP contribution is 2.34. The van der Waals surface area contributed by atoms with E-state index in [1.54, 1.807) is 6.07 Å². The molecule has 0 bridgehead atoms. The fourth-order valence-electron chi connectivity index (χ4n) is 4.09. The number of phenols is 1. The van der Waals surface area contributed by atoms with Crippen LogP contribution in [-0.2, 0) is 0 Å². The second kappa shape index (κ2) is 8.03. The molecular formula is C22H30N2O. The van der Waals surface area contributed by atoms with E-state index in [-0.39, 0.29) is 6.04 Å². The molecule has 1 saturated heterocycles. The Hall–Kier alpha value is -1.84. The molecule has 1 aliphatic heterocycles. The van der Waals surface area contributed by atoms with Gasteiger partial charge in [-0.15, -0.1) is 0 Å². The summed E-state index contributed by atoms with van der Waals surface area (Å²) < 4.78 is 0. The van der Waals surface area contributed by atoms with Crippen LogP contribution in [0.25, 0.3) is 0 Å². The third kappa shape index (κ3) is 4.05. The number of benzene rings is 2. The van der Waals surface area contributed by atoms with Gasteiger partial charge in [-0.3, -0.25) is 9.80 Å². The topological polar surface area (TPSA) is 26.7 Å². The van der Waals surface area contributed by atoms with E-state index in [1.807, 2.05) is 12.1 Å². The van der Waals surface area contributed by atoms with Crippen molar-refractivity contribution >= 4 is 0 Å². The maximum Gasteiger partial charge on any atom is 0.115 e. The van der Waals surface area contributed by atoms with Crippen molar-refractivity contribution in [2.24, 2.45) is 0 Å². The average Bonchev–Trinajstić information content (AvgIpc) is 2.60. The normalized spacial score (nSPS) is 23.5. The van der Waals surface area contributed by atoms with Crippen molar-refractivity contribution in [3.8, 4) is 5.75 Å². The van der Waals surface area contributed by atoms with Gasteiger partial charge in [0.15, 0.2) is 0 Å². The number of piperazine rings is 1. The summed E-state index contributed by atoms with van der Waals surface area (Å²) in [5, 5.41) is 10.0. The van der Waals surface area contributed by atoms with E-state index in [0.29, 0.717) is 17.8 Å². The number of hydrogen-bond donors (Lipinski definition) is 1. The van der Waals surface area contributed by atoms with Gasteiger partial charge in [-0.2, -0.15) is 0 Å². The molecule has 0 amide bonds. The monoisotopic (exact) mass is 338 g/mol. The fourth-order valence-corrected chi connectivity index (χ4v) is 4.09. The van der Waals surface area contributed by atoms with E-state index in [2.05, 4.69) is 67.0 Å². The molecule has 2 aromatic rings. The minimum Gasteiger partial charge on any atom is -0.508 e. The molecule has 0 unspecified atom stereocenters. The van der Waals surface area contributed by atoms with Crippen LogP contribution in [0.5, 0.6) is 5.75 Å². The zero-order valence-corrected chi connectivity index (χ0v) is 15.6. The third-order valence-electron chi connectivity index (χ3n) is 5.31. The molecule has 134 valence electrons. The van der Waals surface area contributed by atoms with Crippen molar-refractivity contribution in [2.45, 2.75) is 45.3 Å². The maximum absolute atomic E-state index is 10.0. The van der Waals surface area contributed by atoms with Crippen molar-refractivity contribution < 1.29 is 5.11 Å². The fraction of sp³-hybridized carbons (Fsp3) is 0.455. The van der Waals surface area contributed by atoms with Gasteiger partial charge in [-0.05, 0) is 50.1 Å². The van der Waals surface area contributed by atoms with E-state index in [0.717, 1.165) is 18.7 Å². The van der Waals surface area contributed by atoms with Gasteiger partial charge in [0, 0.05) is 25.2 Å². The van der Waals surface area contributed by atoms with Crippen LogP contribution in [-0.4, -0.2) is 46.6 Å². The first-order valence-electron chi connectivity index (χ1n) is 9.43. The Kier molecular flexibility index (Phi) is 5.77. The highest BCUT2D eigenvalue weighted by Gasteiger charge is 2.34. The zero-order valence-electron chi connectivity index (χ0n) is 15.6. The molecule has 1 aliphatic rings. The minimum atomic E-state index is 0.175. The van der Waals surface area contributed by atoms with Crippen LogP contribution in [0.1, 0.15) is 44.4 Å². The van der Waals surface area contributed by atoms with Crippen LogP contribution in [0.4, 0.5) is 0 Å². The van der Waals surface area contributed by atoms with Crippen molar-refractivity contribution in [1.82, 2.24) is 9.80 Å². The molecular weight excluding hydrogens is 308 g/mol. The van der Waals surface area contributed by atoms with Crippen LogP contribution in [0, 0.1) is 0 Å². The molecule has 0 spiro atoms. The van der Waals surface area contributed by atoms with Crippen LogP contribution in [0.15, 0.2) is 54.6 Å². The Morgan fingerprint density at radius 2 is 1.68 bits per heavy atom. The van der Waals surface area contributed by atoms with Gasteiger partial charge < -0.3 is 5.11 Å². The van der Waals surface area contributed by atoms with Crippen LogP contribution in [0.3, 0.4) is 0 Å². The molecule has 3 rings (SSSR count). The van der Waals surface area contributed by atoms with Crippen molar-refractivity contribution in [2.75, 3.05) is 19.6 Å². The van der Waals surface area contributed by atoms with Gasteiger partial charge in [0.05, 0.1) is 6.04 Å². The molecule has 3 nitrogen and oxygen atoms in total. The minimum absolute atomic E-state index is 0.175. The Morgan fingerprint density at radius 1 is 0.960 bits per heavy atom. The summed E-state index contributed by atoms with van der Waals surface area (Å²) in [6.07, 6.45) is 1.20. The SMILES string of the molecule is CCCN1C[C@@H](C)N([C@H](c2ccccc2)c2cccc(O)c2)C[C@@H]1C. The van der Waals surface area contributed by atoms with Crippen molar-refractivity contribution in [1.29, 1.82) is 0 Å². The quantitative estimate of drug-likeness (QED) is 0.881. The first-order valence-corrected chi connectivity index (χ1v) is 9.43. The first-order chi connectivity index (χ1) is 12.1. The highest BCUT2D eigenvalue weighted by atomic mass is 16.3. The summed E-state index contributed by atoms with van der Waals surface area (Å²) in [6.45, 7) is 10.2. The summed E-state index contributed by atoms with van der Waals surface area (Å²) in [5.74, 6) is 0.337. The summed E-state index contributed by atoms with van der Waals surface area (Å²) in [4.78, 5) is 5.20. The molecule has 0 saturated carbocycles. The number of nitrogens with zero attached hydrogens (tertiary/aromatic N) is 2. The van der Waals surface area contributed by atoms with E-state index in [1.165, 1.54) is 18.5 Å². The lowest BCUT2D eigenvalue weighted by Gasteiger charge is -2.47. The Morgan fingerprint density at radius 3 is 2.36 bits per heavy atom. The number of hydrogen-bond acceptors (Lipinski definition) is 3. The van der Waals surface area contributed by atoms with E-state index >= 15 is 0 Å². The Bertz CT molecular complexity index is 673. The molecule has 1 fully saturated rings. The third-order valence-corrected chi connectivity index (χ3v) is 5.31. The van der Waals surface area contributed by atoms with Crippen LogP contribution >= 0.6 is 0 Å². The number of rotatable bonds is 5. The first kappa shape index (κ1) is 18.0. The second-order valence-electron chi connectivity index (χ2n) is 7.30. The largest absolute Gasteiger partial charge is 0.508 e. The van der Waals surface area contributed by atoms with Gasteiger partial charge in [-0.25, -0.2) is 0 Å². The van der Waals surface area contributed by atoms with Crippen LogP contribution < -0.4 is 0 Å². The van der Waals surface area contributed by atoms with E-state index in [4.69, 9.17) is 0 Å². The van der Waals surface area contributed by atoms with Gasteiger partial charge in [0.2, 0.25) is 0 Å². The Balaban J connectivity index is 1.95. The van der Waals surface area contributed by atoms with E-state index < -0.39 is 0 Å². The summed E-state index contributed by atoms with van der Waals surface area (Å²) in [7, 11) is 0. The summed E-state index contributed by atoms with van der Waals surface area (Å²) >= 11 is 0. The molecule has 2 aromatic carbocycles. The predicted octanol–water partition coefficient (Wildman–Crippen LogP) is 4.29. The van der Waals surface area contributed by atoms with Crippen LogP contribution in [0.2, 0.25) is 0 Å². The number of aromatic hydroxyl groups is 1. The van der Waals surface area contributed by atoms with Gasteiger partial charge in [0.25, 0.3) is 0 Å². The molecule has 0 radical (unpaired) electrons. The van der Waals surface area contributed by atoms with Crippen molar-refractivity contribution in [3.05, 3.63) is 65.7 Å². The van der Waals surface area contributed by atoms with Gasteiger partial charge >= 0.3 is 0 Å². The highest BCUT2D eigenvalue weighted by molar-refractivity contribution is 5.36. The molecule has 25 heavy (non-hydrogen) atoms. The van der Waals surface area contributed by atoms with Gasteiger partial charge in [-0.1, -0.05) is 49.4 Å². The second-order valence-corrected chi connectivity index (χ2v) is 7.30. The van der Waals surface area contributed by atoms with E-state index in [9.17, 15) is 5.11 Å². The predicted molar refractivity (Wildman–Crippen MR) is 104 cm³/mol. The molecule has 0 aliphatic carbocycles. The maximum atomic E-state index is 10.0. The lowest BCUT2D eigenvalue weighted by molar-refractivity contribution is 0.0241. The molecule has 1 heterocycles. The molecule has 3 heteroatoms. The summed E-state index contributed by atoms with van der Waals surface area (Å²) in [5.41, 5.74) is 2.45. The Labute approximate surface area is 151 Å². The smallest absolute Gasteiger partial charge is 0.115 e. The van der Waals surface area contributed by atoms with Crippen molar-refractivity contribution in [3.63, 3.8) is 0 Å². The zero-order chi connectivity index (χ0) is 17.8. The molecule has 1 N–H and O–H groups in total. The summed E-state index contributed by atoms with van der Waals surface area (Å²) in [6, 6.07) is 19.6. The lowest BCUT2D eigenvalue weighted by Crippen LogP contribution is -2.57. The average molecular weight is 338 g/mol. The standard InChI is InChI=1S/C22H30N2O/c1-4-13-23-15-18(3)24(16-17(23)2)22(19-9-6-5-7-10-19)20-11-8-12-21(25)14-20/h5-12,14,17-18,22,25H,4,13,15-16H2,1-3H3/t17-,18+,22+/m0/s1. The van der Waals surface area contributed by atoms with Gasteiger partial charge in [0.1, 0.15) is 5.75 Å².